The number of hydrogen-bond acceptors (Lipinski definition) is 2. The summed E-state index contributed by atoms with van der Waals surface area (Å²) in [7, 11) is 1.96. The summed E-state index contributed by atoms with van der Waals surface area (Å²) in [6.45, 7) is 5.47. The summed E-state index contributed by atoms with van der Waals surface area (Å²) in [5.74, 6) is 2.37. The van der Waals surface area contributed by atoms with Gasteiger partial charge in [0.1, 0.15) is 0 Å². The first-order valence-electron chi connectivity index (χ1n) is 7.11. The van der Waals surface area contributed by atoms with Gasteiger partial charge in [-0.3, -0.25) is 4.79 Å². The van der Waals surface area contributed by atoms with Crippen molar-refractivity contribution in [3.8, 4) is 0 Å². The quantitative estimate of drug-likeness (QED) is 0.834. The zero-order chi connectivity index (χ0) is 12.3. The lowest BCUT2D eigenvalue weighted by molar-refractivity contribution is -0.131. The lowest BCUT2D eigenvalue weighted by Gasteiger charge is -2.29. The summed E-state index contributed by atoms with van der Waals surface area (Å²) in [5.41, 5.74) is 0. The van der Waals surface area contributed by atoms with E-state index >= 15 is 0 Å². The number of carbonyl (C=O) groups is 1. The molecule has 1 aliphatic carbocycles. The average Bonchev–Trinajstić information content (AvgIpc) is 3.14. The fourth-order valence-corrected chi connectivity index (χ4v) is 2.75. The summed E-state index contributed by atoms with van der Waals surface area (Å²) in [5, 5.41) is 3.44. The van der Waals surface area contributed by atoms with Crippen molar-refractivity contribution in [3.05, 3.63) is 0 Å². The summed E-state index contributed by atoms with van der Waals surface area (Å²) < 4.78 is 0. The van der Waals surface area contributed by atoms with Crippen LogP contribution in [0.25, 0.3) is 0 Å². The minimum atomic E-state index is 0. The first-order valence-corrected chi connectivity index (χ1v) is 7.11. The van der Waals surface area contributed by atoms with Gasteiger partial charge in [0.15, 0.2) is 0 Å². The number of hydrogen-bond donors (Lipinski definition) is 1. The van der Waals surface area contributed by atoms with Gasteiger partial charge in [-0.2, -0.15) is 0 Å². The molecule has 0 aromatic rings. The molecule has 1 saturated carbocycles. The van der Waals surface area contributed by atoms with E-state index in [1.165, 1.54) is 25.7 Å². The molecule has 2 fully saturated rings. The van der Waals surface area contributed by atoms with Crippen molar-refractivity contribution in [2.75, 3.05) is 26.7 Å². The molecule has 4 heteroatoms. The first-order chi connectivity index (χ1) is 8.16. The van der Waals surface area contributed by atoms with Crippen LogP contribution >= 0.6 is 12.4 Å². The molecule has 18 heavy (non-hydrogen) atoms. The van der Waals surface area contributed by atoms with Crippen LogP contribution in [0, 0.1) is 17.8 Å². The molecule has 2 aliphatic rings. The molecule has 1 amide bonds. The highest BCUT2D eigenvalue weighted by atomic mass is 35.5. The molecular weight excluding hydrogens is 248 g/mol. The number of nitrogens with one attached hydrogen (secondary N) is 1. The third kappa shape index (κ3) is 4.77. The normalized spacial score (nSPS) is 25.1. The van der Waals surface area contributed by atoms with Gasteiger partial charge < -0.3 is 10.2 Å². The van der Waals surface area contributed by atoms with Gasteiger partial charge in [-0.05, 0) is 56.5 Å². The van der Waals surface area contributed by atoms with Crippen molar-refractivity contribution in [1.29, 1.82) is 0 Å². The minimum absolute atomic E-state index is 0. The Kier molecular flexibility index (Phi) is 6.44. The number of rotatable bonds is 5. The van der Waals surface area contributed by atoms with Crippen LogP contribution < -0.4 is 5.32 Å². The van der Waals surface area contributed by atoms with Crippen molar-refractivity contribution >= 4 is 18.3 Å². The Balaban J connectivity index is 0.00000162. The second kappa shape index (κ2) is 7.34. The van der Waals surface area contributed by atoms with Gasteiger partial charge in [0.05, 0.1) is 0 Å². The van der Waals surface area contributed by atoms with Crippen LogP contribution in [0.4, 0.5) is 0 Å². The molecule has 106 valence electrons. The number of carbonyl (C=O) groups excluding carboxylic acids is 1. The lowest BCUT2D eigenvalue weighted by atomic mass is 9.85. The highest BCUT2D eigenvalue weighted by molar-refractivity contribution is 5.85. The maximum absolute atomic E-state index is 12.1. The van der Waals surface area contributed by atoms with E-state index in [1.807, 2.05) is 11.9 Å². The van der Waals surface area contributed by atoms with Gasteiger partial charge in [0, 0.05) is 20.0 Å². The van der Waals surface area contributed by atoms with Gasteiger partial charge in [-0.15, -0.1) is 12.4 Å². The molecule has 0 spiro atoms. The lowest BCUT2D eigenvalue weighted by Crippen LogP contribution is -2.36. The molecule has 1 aliphatic heterocycles. The molecule has 1 saturated heterocycles. The second-order valence-electron chi connectivity index (χ2n) is 6.01. The highest BCUT2D eigenvalue weighted by Gasteiger charge is 2.27. The van der Waals surface area contributed by atoms with E-state index in [4.69, 9.17) is 0 Å². The average molecular weight is 275 g/mol. The van der Waals surface area contributed by atoms with Crippen LogP contribution in [-0.2, 0) is 4.79 Å². The Morgan fingerprint density at radius 2 is 2.11 bits per heavy atom. The highest BCUT2D eigenvalue weighted by Crippen LogP contribution is 2.30. The van der Waals surface area contributed by atoms with E-state index in [1.54, 1.807) is 0 Å². The first kappa shape index (κ1) is 15.8. The maximum Gasteiger partial charge on any atom is 0.222 e. The molecule has 0 radical (unpaired) electrons. The number of nitrogens with zero attached hydrogens (tertiary/aromatic N) is 1. The van der Waals surface area contributed by atoms with E-state index in [-0.39, 0.29) is 12.4 Å². The topological polar surface area (TPSA) is 32.3 Å². The molecule has 3 nitrogen and oxygen atoms in total. The molecule has 2 rings (SSSR count). The van der Waals surface area contributed by atoms with Crippen LogP contribution in [-0.4, -0.2) is 37.5 Å². The summed E-state index contributed by atoms with van der Waals surface area (Å²) >= 11 is 0. The van der Waals surface area contributed by atoms with Gasteiger partial charge in [0.25, 0.3) is 0 Å². The molecule has 0 bridgehead atoms. The third-order valence-electron chi connectivity index (χ3n) is 4.29. The third-order valence-corrected chi connectivity index (χ3v) is 4.29. The molecular formula is C14H27ClN2O. The van der Waals surface area contributed by atoms with Crippen LogP contribution in [0.1, 0.15) is 39.0 Å². The number of amides is 1. The predicted octanol–water partition coefficient (Wildman–Crippen LogP) is 2.30. The standard InChI is InChI=1S/C14H26N2O.ClH/c1-11(13-4-3-7-15-9-13)8-14(17)16(2)10-12-5-6-12;/h11-13,15H,3-10H2,1-2H3;1H. The van der Waals surface area contributed by atoms with E-state index in [2.05, 4.69) is 12.2 Å². The van der Waals surface area contributed by atoms with Gasteiger partial charge >= 0.3 is 0 Å². The Morgan fingerprint density at radius 3 is 2.67 bits per heavy atom. The van der Waals surface area contributed by atoms with E-state index < -0.39 is 0 Å². The van der Waals surface area contributed by atoms with Crippen molar-refractivity contribution < 1.29 is 4.79 Å². The molecule has 2 unspecified atom stereocenters. The zero-order valence-corrected chi connectivity index (χ0v) is 12.5. The van der Waals surface area contributed by atoms with Gasteiger partial charge in [-0.25, -0.2) is 0 Å². The van der Waals surface area contributed by atoms with Gasteiger partial charge in [0.2, 0.25) is 5.91 Å². The maximum atomic E-state index is 12.1. The van der Waals surface area contributed by atoms with E-state index in [0.29, 0.717) is 17.7 Å². The minimum Gasteiger partial charge on any atom is -0.345 e. The predicted molar refractivity (Wildman–Crippen MR) is 77.0 cm³/mol. The molecule has 0 aromatic carbocycles. The smallest absolute Gasteiger partial charge is 0.222 e. The summed E-state index contributed by atoms with van der Waals surface area (Å²) in [6, 6.07) is 0. The fraction of sp³-hybridized carbons (Fsp3) is 0.929. The molecule has 1 N–H and O–H groups in total. The Hall–Kier alpha value is -0.280. The molecule has 2 atom stereocenters. The zero-order valence-electron chi connectivity index (χ0n) is 11.7. The van der Waals surface area contributed by atoms with Crippen molar-refractivity contribution in [2.45, 2.75) is 39.0 Å². The van der Waals surface area contributed by atoms with Crippen molar-refractivity contribution in [1.82, 2.24) is 10.2 Å². The SMILES string of the molecule is CC(CC(=O)N(C)CC1CC1)C1CCCNC1.Cl. The van der Waals surface area contributed by atoms with Crippen molar-refractivity contribution in [2.24, 2.45) is 17.8 Å². The van der Waals surface area contributed by atoms with Crippen LogP contribution in [0.5, 0.6) is 0 Å². The van der Waals surface area contributed by atoms with Crippen molar-refractivity contribution in [3.63, 3.8) is 0 Å². The summed E-state index contributed by atoms with van der Waals surface area (Å²) in [4.78, 5) is 14.0. The Labute approximate surface area is 117 Å². The van der Waals surface area contributed by atoms with Gasteiger partial charge in [-0.1, -0.05) is 6.92 Å². The molecule has 0 aromatic heterocycles. The summed E-state index contributed by atoms with van der Waals surface area (Å²) in [6.07, 6.45) is 5.92. The number of halogens is 1. The Morgan fingerprint density at radius 1 is 1.39 bits per heavy atom. The second-order valence-corrected chi connectivity index (χ2v) is 6.01. The molecule has 1 heterocycles. The van der Waals surface area contributed by atoms with E-state index in [0.717, 1.165) is 32.0 Å². The monoisotopic (exact) mass is 274 g/mol. The van der Waals surface area contributed by atoms with Crippen LogP contribution in [0.15, 0.2) is 0 Å². The van der Waals surface area contributed by atoms with Crippen LogP contribution in [0.2, 0.25) is 0 Å². The largest absolute Gasteiger partial charge is 0.345 e. The number of piperidine rings is 1. The van der Waals surface area contributed by atoms with Crippen LogP contribution in [0.3, 0.4) is 0 Å². The Bertz CT molecular complexity index is 263. The van der Waals surface area contributed by atoms with E-state index in [9.17, 15) is 4.79 Å². The fourth-order valence-electron chi connectivity index (χ4n) is 2.75.